The maximum atomic E-state index is 10.6. The highest BCUT2D eigenvalue weighted by Gasteiger charge is 2.07. The van der Waals surface area contributed by atoms with E-state index in [9.17, 15) is 8.42 Å². The zero-order chi connectivity index (χ0) is 9.90. The topological polar surface area (TPSA) is 54.4 Å². The molecule has 0 saturated carbocycles. The van der Waals surface area contributed by atoms with Crippen LogP contribution in [0.2, 0.25) is 6.04 Å². The summed E-state index contributed by atoms with van der Waals surface area (Å²) in [5.41, 5.74) is 1.03. The molecule has 0 spiro atoms. The molecular formula is C8H9O3SSi. The Labute approximate surface area is 81.0 Å². The van der Waals surface area contributed by atoms with Crippen molar-refractivity contribution in [3.8, 4) is 0 Å². The van der Waals surface area contributed by atoms with Crippen LogP contribution in [-0.2, 0) is 16.5 Å². The normalized spacial score (nSPS) is 11.5. The van der Waals surface area contributed by atoms with Crippen molar-refractivity contribution in [2.45, 2.75) is 17.4 Å². The molecule has 1 aromatic carbocycles. The van der Waals surface area contributed by atoms with Crippen LogP contribution in [0.5, 0.6) is 0 Å². The molecule has 1 N–H and O–H groups in total. The SMILES string of the molecule is O=S(=O)(O)c1ccc(CC[Si])cc1. The summed E-state index contributed by atoms with van der Waals surface area (Å²) in [5, 5.41) is 0. The Hall–Kier alpha value is -0.653. The van der Waals surface area contributed by atoms with Crippen molar-refractivity contribution in [2.75, 3.05) is 0 Å². The minimum Gasteiger partial charge on any atom is -0.282 e. The van der Waals surface area contributed by atoms with Crippen LogP contribution < -0.4 is 0 Å². The van der Waals surface area contributed by atoms with Gasteiger partial charge in [-0.25, -0.2) is 0 Å². The molecule has 0 fully saturated rings. The summed E-state index contributed by atoms with van der Waals surface area (Å²) in [7, 11) is -0.725. The predicted octanol–water partition coefficient (Wildman–Crippen LogP) is 1.06. The van der Waals surface area contributed by atoms with E-state index in [4.69, 9.17) is 4.55 Å². The third-order valence-corrected chi connectivity index (χ3v) is 2.75. The lowest BCUT2D eigenvalue weighted by atomic mass is 10.2. The van der Waals surface area contributed by atoms with E-state index >= 15 is 0 Å². The number of rotatable bonds is 3. The maximum Gasteiger partial charge on any atom is 0.294 e. The average Bonchev–Trinajstić information content (AvgIpc) is 2.04. The van der Waals surface area contributed by atoms with E-state index < -0.39 is 10.1 Å². The highest BCUT2D eigenvalue weighted by Crippen LogP contribution is 2.10. The zero-order valence-corrected chi connectivity index (χ0v) is 8.71. The molecule has 0 aliphatic carbocycles. The molecule has 0 atom stereocenters. The van der Waals surface area contributed by atoms with E-state index in [0.29, 0.717) is 0 Å². The van der Waals surface area contributed by atoms with Crippen molar-refractivity contribution >= 4 is 20.4 Å². The van der Waals surface area contributed by atoms with Crippen LogP contribution in [0.15, 0.2) is 29.2 Å². The second kappa shape index (κ2) is 4.04. The van der Waals surface area contributed by atoms with Crippen LogP contribution in [0.4, 0.5) is 0 Å². The summed E-state index contributed by atoms with van der Waals surface area (Å²) in [6, 6.07) is 6.98. The zero-order valence-electron chi connectivity index (χ0n) is 6.90. The molecule has 0 heterocycles. The van der Waals surface area contributed by atoms with Gasteiger partial charge in [0.15, 0.2) is 0 Å². The molecule has 0 bridgehead atoms. The van der Waals surface area contributed by atoms with Gasteiger partial charge < -0.3 is 0 Å². The van der Waals surface area contributed by atoms with Crippen molar-refractivity contribution < 1.29 is 13.0 Å². The van der Waals surface area contributed by atoms with Gasteiger partial charge in [0.25, 0.3) is 10.1 Å². The number of benzene rings is 1. The predicted molar refractivity (Wildman–Crippen MR) is 50.5 cm³/mol. The second-order valence-corrected chi connectivity index (χ2v) is 4.54. The molecule has 3 radical (unpaired) electrons. The monoisotopic (exact) mass is 213 g/mol. The summed E-state index contributed by atoms with van der Waals surface area (Å²) in [5.74, 6) is 0. The standard InChI is InChI=1S/C8H9O3SSi/c9-12(10,11)8-3-1-7(2-4-8)5-6-13/h1-4H,5-6H2,(H,9,10,11). The maximum absolute atomic E-state index is 10.6. The van der Waals surface area contributed by atoms with E-state index in [-0.39, 0.29) is 4.90 Å². The van der Waals surface area contributed by atoms with Crippen molar-refractivity contribution in [3.63, 3.8) is 0 Å². The molecular weight excluding hydrogens is 204 g/mol. The Morgan fingerprint density at radius 1 is 1.23 bits per heavy atom. The van der Waals surface area contributed by atoms with Crippen molar-refractivity contribution in [3.05, 3.63) is 29.8 Å². The molecule has 0 aliphatic heterocycles. The van der Waals surface area contributed by atoms with E-state index in [1.807, 2.05) is 0 Å². The highest BCUT2D eigenvalue weighted by molar-refractivity contribution is 7.85. The second-order valence-electron chi connectivity index (χ2n) is 2.62. The van der Waals surface area contributed by atoms with Crippen LogP contribution >= 0.6 is 0 Å². The van der Waals surface area contributed by atoms with Gasteiger partial charge in [-0.15, -0.1) is 0 Å². The molecule has 69 valence electrons. The minimum atomic E-state index is -4.05. The van der Waals surface area contributed by atoms with Crippen LogP contribution in [0, 0.1) is 0 Å². The molecule has 0 aromatic heterocycles. The first-order chi connectivity index (χ1) is 6.04. The van der Waals surface area contributed by atoms with Crippen molar-refractivity contribution in [2.24, 2.45) is 0 Å². The fourth-order valence-electron chi connectivity index (χ4n) is 0.972. The lowest BCUT2D eigenvalue weighted by Gasteiger charge is -1.99. The molecule has 0 saturated heterocycles. The first-order valence-corrected chi connectivity index (χ1v) is 5.90. The van der Waals surface area contributed by atoms with Crippen LogP contribution in [0.3, 0.4) is 0 Å². The Morgan fingerprint density at radius 2 is 1.77 bits per heavy atom. The quantitative estimate of drug-likeness (QED) is 0.603. The van der Waals surface area contributed by atoms with E-state index in [0.717, 1.165) is 18.0 Å². The van der Waals surface area contributed by atoms with E-state index in [2.05, 4.69) is 10.2 Å². The van der Waals surface area contributed by atoms with E-state index in [1.54, 1.807) is 12.1 Å². The van der Waals surface area contributed by atoms with Gasteiger partial charge in [-0.2, -0.15) is 8.42 Å². The van der Waals surface area contributed by atoms with E-state index in [1.165, 1.54) is 12.1 Å². The smallest absolute Gasteiger partial charge is 0.282 e. The van der Waals surface area contributed by atoms with Crippen LogP contribution in [-0.4, -0.2) is 23.2 Å². The summed E-state index contributed by atoms with van der Waals surface area (Å²) < 4.78 is 30.0. The summed E-state index contributed by atoms with van der Waals surface area (Å²) in [6.07, 6.45) is 0.836. The van der Waals surface area contributed by atoms with Gasteiger partial charge in [-0.1, -0.05) is 18.2 Å². The number of hydrogen-bond donors (Lipinski definition) is 1. The fourth-order valence-corrected chi connectivity index (χ4v) is 1.74. The van der Waals surface area contributed by atoms with Gasteiger partial charge >= 0.3 is 0 Å². The average molecular weight is 213 g/mol. The Kier molecular flexibility index (Phi) is 3.24. The molecule has 0 amide bonds. The molecule has 0 aliphatic rings. The first kappa shape index (κ1) is 10.4. The first-order valence-electron chi connectivity index (χ1n) is 3.75. The van der Waals surface area contributed by atoms with Gasteiger partial charge in [0.1, 0.15) is 0 Å². The van der Waals surface area contributed by atoms with Crippen molar-refractivity contribution in [1.82, 2.24) is 0 Å². The summed E-state index contributed by atoms with van der Waals surface area (Å²) >= 11 is 0. The summed E-state index contributed by atoms with van der Waals surface area (Å²) in [6.45, 7) is 0. The van der Waals surface area contributed by atoms with Gasteiger partial charge in [0.05, 0.1) is 4.90 Å². The third kappa shape index (κ3) is 2.95. The summed E-state index contributed by atoms with van der Waals surface area (Å²) in [4.78, 5) is -0.0646. The van der Waals surface area contributed by atoms with Gasteiger partial charge in [0.2, 0.25) is 0 Å². The molecule has 5 heteroatoms. The van der Waals surface area contributed by atoms with Gasteiger partial charge in [-0.05, 0) is 24.1 Å². The Morgan fingerprint density at radius 3 is 2.15 bits per heavy atom. The van der Waals surface area contributed by atoms with Crippen LogP contribution in [0.1, 0.15) is 5.56 Å². The minimum absolute atomic E-state index is 0.0646. The van der Waals surface area contributed by atoms with Crippen LogP contribution in [0.25, 0.3) is 0 Å². The highest BCUT2D eigenvalue weighted by atomic mass is 32.2. The lowest BCUT2D eigenvalue weighted by Crippen LogP contribution is -1.97. The molecule has 1 rings (SSSR count). The Bertz CT molecular complexity index is 369. The van der Waals surface area contributed by atoms with Gasteiger partial charge in [0, 0.05) is 10.2 Å². The third-order valence-electron chi connectivity index (χ3n) is 1.63. The molecule has 13 heavy (non-hydrogen) atoms. The van der Waals surface area contributed by atoms with Gasteiger partial charge in [-0.3, -0.25) is 4.55 Å². The molecule has 1 aromatic rings. The molecule has 0 unspecified atom stereocenters. The molecule has 3 nitrogen and oxygen atoms in total. The fraction of sp³-hybridized carbons (Fsp3) is 0.250. The largest absolute Gasteiger partial charge is 0.294 e. The lowest BCUT2D eigenvalue weighted by molar-refractivity contribution is 0.483. The van der Waals surface area contributed by atoms with Crippen molar-refractivity contribution in [1.29, 1.82) is 0 Å². The number of hydrogen-bond acceptors (Lipinski definition) is 2. The Balaban J connectivity index is 2.94. The number of aryl methyl sites for hydroxylation is 1.